The zero-order valence-corrected chi connectivity index (χ0v) is 8.59. The van der Waals surface area contributed by atoms with E-state index in [9.17, 15) is 9.18 Å². The number of carbonyl (C=O) groups is 1. The highest BCUT2D eigenvalue weighted by Gasteiger charge is 2.35. The minimum absolute atomic E-state index is 0.0338. The molecule has 0 aromatic carbocycles. The summed E-state index contributed by atoms with van der Waals surface area (Å²) in [5.41, 5.74) is -0.981. The summed E-state index contributed by atoms with van der Waals surface area (Å²) in [5.74, 6) is -0.218. The van der Waals surface area contributed by atoms with E-state index in [1.165, 1.54) is 0 Å². The summed E-state index contributed by atoms with van der Waals surface area (Å²) in [7, 11) is 0. The van der Waals surface area contributed by atoms with Gasteiger partial charge in [0.05, 0.1) is 12.7 Å². The van der Waals surface area contributed by atoms with Gasteiger partial charge in [-0.15, -0.1) is 0 Å². The highest BCUT2D eigenvalue weighted by atomic mass is 19.1. The Kier molecular flexibility index (Phi) is 3.10. The molecular weight excluding hydrogens is 183 g/mol. The van der Waals surface area contributed by atoms with Crippen LogP contribution in [0.1, 0.15) is 20.3 Å². The van der Waals surface area contributed by atoms with Crippen LogP contribution >= 0.6 is 0 Å². The maximum Gasteiger partial charge on any atom is 0.242 e. The first kappa shape index (κ1) is 11.0. The summed E-state index contributed by atoms with van der Waals surface area (Å²) in [5, 5.41) is 8.78. The smallest absolute Gasteiger partial charge is 0.242 e. The molecule has 0 bridgehead atoms. The Morgan fingerprint density at radius 1 is 1.71 bits per heavy atom. The lowest BCUT2D eigenvalue weighted by atomic mass is 9.94. The van der Waals surface area contributed by atoms with Gasteiger partial charge in [-0.2, -0.15) is 5.26 Å². The average Bonchev–Trinajstić information content (AvgIpc) is 2.64. The van der Waals surface area contributed by atoms with Gasteiger partial charge in [-0.25, -0.2) is 0 Å². The van der Waals surface area contributed by atoms with Crippen molar-refractivity contribution in [3.63, 3.8) is 0 Å². The van der Waals surface area contributed by atoms with Gasteiger partial charge < -0.3 is 4.90 Å². The third-order valence-electron chi connectivity index (χ3n) is 2.61. The third kappa shape index (κ3) is 2.03. The number of amides is 1. The van der Waals surface area contributed by atoms with E-state index in [4.69, 9.17) is 5.26 Å². The van der Waals surface area contributed by atoms with Crippen LogP contribution in [0.4, 0.5) is 4.39 Å². The average molecular weight is 198 g/mol. The van der Waals surface area contributed by atoms with Gasteiger partial charge >= 0.3 is 0 Å². The van der Waals surface area contributed by atoms with Gasteiger partial charge in [-0.3, -0.25) is 9.18 Å². The van der Waals surface area contributed by atoms with Crippen LogP contribution in [-0.2, 0) is 4.79 Å². The first-order chi connectivity index (χ1) is 6.51. The summed E-state index contributed by atoms with van der Waals surface area (Å²) in [6, 6.07) is 1.97. The molecule has 0 radical (unpaired) electrons. The van der Waals surface area contributed by atoms with Crippen LogP contribution in [0.5, 0.6) is 0 Å². The summed E-state index contributed by atoms with van der Waals surface area (Å²) >= 11 is 0. The van der Waals surface area contributed by atoms with Gasteiger partial charge in [0.15, 0.2) is 0 Å². The Balaban J connectivity index is 2.61. The highest BCUT2D eigenvalue weighted by Crippen LogP contribution is 2.23. The third-order valence-corrected chi connectivity index (χ3v) is 2.61. The zero-order chi connectivity index (χ0) is 10.8. The monoisotopic (exact) mass is 198 g/mol. The number of rotatable bonds is 2. The molecule has 1 fully saturated rings. The summed E-state index contributed by atoms with van der Waals surface area (Å²) in [6.07, 6.45) is 0.712. The number of hydrogen-bond acceptors (Lipinski definition) is 2. The van der Waals surface area contributed by atoms with E-state index < -0.39 is 5.41 Å². The molecule has 0 unspecified atom stereocenters. The number of alkyl halides is 1. The van der Waals surface area contributed by atoms with Gasteiger partial charge in [-0.1, -0.05) is 0 Å². The van der Waals surface area contributed by atoms with Gasteiger partial charge in [0, 0.05) is 19.0 Å². The molecule has 1 aliphatic rings. The van der Waals surface area contributed by atoms with Crippen molar-refractivity contribution in [3.8, 4) is 6.07 Å². The summed E-state index contributed by atoms with van der Waals surface area (Å²) in [4.78, 5) is 13.3. The van der Waals surface area contributed by atoms with Crippen molar-refractivity contribution in [2.45, 2.75) is 20.3 Å². The molecule has 78 valence electrons. The Morgan fingerprint density at radius 2 is 2.36 bits per heavy atom. The Bertz CT molecular complexity index is 270. The molecule has 14 heavy (non-hydrogen) atoms. The molecular formula is C10H15FN2O. The molecule has 1 amide bonds. The number of likely N-dealkylation sites (tertiary alicyclic amines) is 1. The maximum absolute atomic E-state index is 12.3. The molecule has 0 spiro atoms. The lowest BCUT2D eigenvalue weighted by Gasteiger charge is -2.23. The molecule has 3 nitrogen and oxygen atoms in total. The topological polar surface area (TPSA) is 44.1 Å². The van der Waals surface area contributed by atoms with Crippen LogP contribution in [-0.4, -0.2) is 30.6 Å². The Labute approximate surface area is 83.5 Å². The predicted octanol–water partition coefficient (Wildman–Crippen LogP) is 1.35. The molecule has 0 aromatic rings. The van der Waals surface area contributed by atoms with Crippen LogP contribution in [0.3, 0.4) is 0 Å². The number of halogens is 1. The minimum Gasteiger partial charge on any atom is -0.341 e. The van der Waals surface area contributed by atoms with E-state index in [1.54, 1.807) is 18.7 Å². The number of carbonyl (C=O) groups excluding carboxylic acids is 1. The van der Waals surface area contributed by atoms with E-state index in [-0.39, 0.29) is 18.5 Å². The van der Waals surface area contributed by atoms with E-state index in [2.05, 4.69) is 0 Å². The van der Waals surface area contributed by atoms with Crippen molar-refractivity contribution in [2.24, 2.45) is 11.3 Å². The molecule has 1 rings (SSSR count). The van der Waals surface area contributed by atoms with Crippen LogP contribution in [0, 0.1) is 22.7 Å². The molecule has 1 heterocycles. The minimum atomic E-state index is -0.981. The van der Waals surface area contributed by atoms with Crippen LogP contribution in [0.25, 0.3) is 0 Å². The van der Waals surface area contributed by atoms with E-state index >= 15 is 0 Å². The first-order valence-corrected chi connectivity index (χ1v) is 4.78. The fraction of sp³-hybridized carbons (Fsp3) is 0.800. The van der Waals surface area contributed by atoms with Crippen LogP contribution < -0.4 is 0 Å². The molecule has 1 aliphatic heterocycles. The molecule has 0 aliphatic carbocycles. The SMILES string of the molecule is CC(C)(C#N)C(=O)N1CC[C@@H](CF)C1. The van der Waals surface area contributed by atoms with Gasteiger partial charge in [0.25, 0.3) is 0 Å². The largest absolute Gasteiger partial charge is 0.341 e. The zero-order valence-electron chi connectivity index (χ0n) is 8.59. The second-order valence-electron chi connectivity index (χ2n) is 4.30. The normalized spacial score (nSPS) is 22.1. The first-order valence-electron chi connectivity index (χ1n) is 4.78. The Hall–Kier alpha value is -1.11. The lowest BCUT2D eigenvalue weighted by Crippen LogP contribution is -2.38. The molecule has 0 aromatic heterocycles. The highest BCUT2D eigenvalue weighted by molar-refractivity contribution is 5.84. The van der Waals surface area contributed by atoms with Crippen molar-refractivity contribution < 1.29 is 9.18 Å². The van der Waals surface area contributed by atoms with Gasteiger partial charge in [0.2, 0.25) is 5.91 Å². The van der Waals surface area contributed by atoms with Gasteiger partial charge in [-0.05, 0) is 20.3 Å². The van der Waals surface area contributed by atoms with Crippen molar-refractivity contribution in [2.75, 3.05) is 19.8 Å². The molecule has 4 heteroatoms. The number of hydrogen-bond donors (Lipinski definition) is 0. The van der Waals surface area contributed by atoms with Crippen molar-refractivity contribution >= 4 is 5.91 Å². The predicted molar refractivity (Wildman–Crippen MR) is 50.1 cm³/mol. The molecule has 1 atom stereocenters. The molecule has 0 saturated carbocycles. The molecule has 1 saturated heterocycles. The molecule has 0 N–H and O–H groups in total. The van der Waals surface area contributed by atoms with Crippen LogP contribution in [0.2, 0.25) is 0 Å². The number of nitrogens with zero attached hydrogens (tertiary/aromatic N) is 2. The van der Waals surface area contributed by atoms with E-state index in [0.29, 0.717) is 19.5 Å². The number of nitriles is 1. The second kappa shape index (κ2) is 3.95. The maximum atomic E-state index is 12.3. The fourth-order valence-electron chi connectivity index (χ4n) is 1.59. The Morgan fingerprint density at radius 3 is 2.79 bits per heavy atom. The summed E-state index contributed by atoms with van der Waals surface area (Å²) < 4.78 is 12.3. The van der Waals surface area contributed by atoms with Gasteiger partial charge in [0.1, 0.15) is 5.41 Å². The van der Waals surface area contributed by atoms with Crippen molar-refractivity contribution in [1.29, 1.82) is 5.26 Å². The quantitative estimate of drug-likeness (QED) is 0.672. The fourth-order valence-corrected chi connectivity index (χ4v) is 1.59. The van der Waals surface area contributed by atoms with Crippen LogP contribution in [0.15, 0.2) is 0 Å². The van der Waals surface area contributed by atoms with E-state index in [1.807, 2.05) is 6.07 Å². The standard InChI is InChI=1S/C10H15FN2O/c1-10(2,7-12)9(14)13-4-3-8(5-11)6-13/h8H,3-6H2,1-2H3/t8-/m0/s1. The van der Waals surface area contributed by atoms with Crippen molar-refractivity contribution in [3.05, 3.63) is 0 Å². The summed E-state index contributed by atoms with van der Waals surface area (Å²) in [6.45, 7) is 3.85. The lowest BCUT2D eigenvalue weighted by molar-refractivity contribution is -0.136. The second-order valence-corrected chi connectivity index (χ2v) is 4.30. The van der Waals surface area contributed by atoms with E-state index in [0.717, 1.165) is 0 Å². The van der Waals surface area contributed by atoms with Crippen molar-refractivity contribution in [1.82, 2.24) is 4.90 Å².